The molecule has 0 saturated carbocycles. The van der Waals surface area contributed by atoms with Crippen molar-refractivity contribution in [2.24, 2.45) is 0 Å². The van der Waals surface area contributed by atoms with Gasteiger partial charge in [0.25, 0.3) is 10.0 Å². The molecule has 0 aromatic heterocycles. The molecule has 3 rings (SSSR count). The van der Waals surface area contributed by atoms with Crippen molar-refractivity contribution in [3.63, 3.8) is 0 Å². The van der Waals surface area contributed by atoms with E-state index < -0.39 is 33.6 Å². The highest BCUT2D eigenvalue weighted by atomic mass is 35.5. The van der Waals surface area contributed by atoms with Gasteiger partial charge >= 0.3 is 7.60 Å². The van der Waals surface area contributed by atoms with E-state index in [9.17, 15) is 27.2 Å². The van der Waals surface area contributed by atoms with Gasteiger partial charge in [0.05, 0.1) is 10.6 Å². The average Bonchev–Trinajstić information content (AvgIpc) is 2.70. The average molecular weight is 486 g/mol. The second kappa shape index (κ2) is 8.52. The summed E-state index contributed by atoms with van der Waals surface area (Å²) in [4.78, 5) is 20.2. The summed E-state index contributed by atoms with van der Waals surface area (Å²) in [6.07, 6.45) is -0.363. The number of anilines is 1. The molecule has 31 heavy (non-hydrogen) atoms. The Labute approximate surface area is 185 Å². The zero-order valence-corrected chi connectivity index (χ0v) is 19.3. The Morgan fingerprint density at radius 1 is 1.03 bits per heavy atom. The van der Waals surface area contributed by atoms with Crippen LogP contribution in [-0.2, 0) is 14.6 Å². The fourth-order valence-electron chi connectivity index (χ4n) is 3.81. The molecule has 0 amide bonds. The summed E-state index contributed by atoms with van der Waals surface area (Å²) in [6, 6.07) is 14.6. The number of fused-ring (bicyclic) bond motifs is 1. The van der Waals surface area contributed by atoms with E-state index in [0.717, 1.165) is 22.5 Å². The lowest BCUT2D eigenvalue weighted by molar-refractivity contribution is 0.317. The fraction of sp³-hybridized carbons (Fsp3) is 0.238. The van der Waals surface area contributed by atoms with Crippen LogP contribution < -0.4 is 4.31 Å². The zero-order chi connectivity index (χ0) is 23.0. The summed E-state index contributed by atoms with van der Waals surface area (Å²) in [7, 11) is -9.67. The van der Waals surface area contributed by atoms with Crippen molar-refractivity contribution in [2.75, 3.05) is 4.31 Å². The minimum Gasteiger partial charge on any atom is -0.323 e. The van der Waals surface area contributed by atoms with E-state index in [-0.39, 0.29) is 23.6 Å². The van der Waals surface area contributed by atoms with E-state index in [2.05, 4.69) is 0 Å². The minimum absolute atomic E-state index is 0.0884. The maximum absolute atomic E-state index is 14.1. The van der Waals surface area contributed by atoms with Gasteiger partial charge < -0.3 is 9.79 Å². The van der Waals surface area contributed by atoms with Crippen LogP contribution in [0.3, 0.4) is 0 Å². The van der Waals surface area contributed by atoms with Gasteiger partial charge in [-0.15, -0.1) is 0 Å². The van der Waals surface area contributed by atoms with Gasteiger partial charge in [-0.05, 0) is 42.5 Å². The largest absolute Gasteiger partial charge is 0.351 e. The monoisotopic (exact) mass is 485 g/mol. The highest BCUT2D eigenvalue weighted by Gasteiger charge is 2.54. The van der Waals surface area contributed by atoms with Gasteiger partial charge in [0, 0.05) is 10.4 Å². The lowest BCUT2D eigenvalue weighted by atomic mass is 10.1. The van der Waals surface area contributed by atoms with Gasteiger partial charge in [-0.1, -0.05) is 61.8 Å². The van der Waals surface area contributed by atoms with E-state index in [4.69, 9.17) is 11.6 Å². The topological polar surface area (TPSA) is 94.9 Å². The maximum atomic E-state index is 14.1. The van der Waals surface area contributed by atoms with Crippen LogP contribution in [0.5, 0.6) is 0 Å². The molecule has 0 aliphatic heterocycles. The number of hydrogen-bond acceptors (Lipinski definition) is 3. The molecule has 0 radical (unpaired) electrons. The van der Waals surface area contributed by atoms with Gasteiger partial charge in [0.1, 0.15) is 5.82 Å². The predicted molar refractivity (Wildman–Crippen MR) is 120 cm³/mol. The second-order valence-electron chi connectivity index (χ2n) is 7.11. The number of rotatable bonds is 7. The molecule has 0 unspecified atom stereocenters. The maximum Gasteiger partial charge on any atom is 0.351 e. The molecule has 6 nitrogen and oxygen atoms in total. The summed E-state index contributed by atoms with van der Waals surface area (Å²) in [5, 5.41) is -1.07. The fourth-order valence-corrected chi connectivity index (χ4v) is 7.78. The van der Waals surface area contributed by atoms with E-state index in [1.165, 1.54) is 19.9 Å². The first-order chi connectivity index (χ1) is 14.5. The van der Waals surface area contributed by atoms with Crippen molar-refractivity contribution >= 4 is 45.7 Å². The predicted octanol–water partition coefficient (Wildman–Crippen LogP) is 5.52. The first-order valence-electron chi connectivity index (χ1n) is 9.53. The minimum atomic E-state index is -5.03. The molecule has 166 valence electrons. The van der Waals surface area contributed by atoms with Gasteiger partial charge in [-0.2, -0.15) is 0 Å². The third kappa shape index (κ3) is 4.11. The van der Waals surface area contributed by atoms with Crippen molar-refractivity contribution in [3.8, 4) is 0 Å². The highest BCUT2D eigenvalue weighted by molar-refractivity contribution is 7.93. The molecule has 3 aromatic rings. The lowest BCUT2D eigenvalue weighted by Gasteiger charge is -2.43. The molecule has 0 aliphatic rings. The number of hydrogen-bond donors (Lipinski definition) is 2. The van der Waals surface area contributed by atoms with Crippen LogP contribution in [0.4, 0.5) is 10.1 Å². The Bertz CT molecular complexity index is 1250. The Hall–Kier alpha value is -1.96. The normalized spacial score (nSPS) is 12.8. The van der Waals surface area contributed by atoms with Gasteiger partial charge in [0.15, 0.2) is 5.28 Å². The van der Waals surface area contributed by atoms with Crippen molar-refractivity contribution in [2.45, 2.75) is 36.9 Å². The summed E-state index contributed by atoms with van der Waals surface area (Å²) in [5.41, 5.74) is 0.0884. The number of nitrogens with zero attached hydrogens (tertiary/aromatic N) is 1. The van der Waals surface area contributed by atoms with Crippen molar-refractivity contribution in [3.05, 3.63) is 71.5 Å². The van der Waals surface area contributed by atoms with Crippen molar-refractivity contribution in [1.82, 2.24) is 0 Å². The standard InChI is InChI=1S/C21H22ClFNO5PS/c1-3-21(4-2,30(25,26)27)24(20-11-7-9-15-8-5-6-10-19(15)20)31(28,29)18-13-16(22)12-17(23)14-18/h5-14H,3-4H2,1-2H3,(H2,25,26,27). The van der Waals surface area contributed by atoms with E-state index >= 15 is 0 Å². The molecule has 0 aliphatic carbocycles. The molecule has 0 heterocycles. The van der Waals surface area contributed by atoms with Crippen LogP contribution in [-0.4, -0.2) is 23.5 Å². The SMILES string of the molecule is CCC(CC)(N(c1cccc2ccccc12)S(=O)(=O)c1cc(F)cc(Cl)c1)P(=O)(O)O. The van der Waals surface area contributed by atoms with Crippen LogP contribution in [0.25, 0.3) is 10.8 Å². The Morgan fingerprint density at radius 3 is 2.23 bits per heavy atom. The molecule has 10 heteroatoms. The third-order valence-electron chi connectivity index (χ3n) is 5.41. The molecule has 2 N–H and O–H groups in total. The van der Waals surface area contributed by atoms with E-state index in [1.807, 2.05) is 0 Å². The van der Waals surface area contributed by atoms with Crippen molar-refractivity contribution < 1.29 is 27.2 Å². The lowest BCUT2D eigenvalue weighted by Crippen LogP contribution is -2.51. The first-order valence-corrected chi connectivity index (χ1v) is 13.0. The summed E-state index contributed by atoms with van der Waals surface area (Å²) < 4.78 is 55.3. The summed E-state index contributed by atoms with van der Waals surface area (Å²) >= 11 is 5.90. The van der Waals surface area contributed by atoms with E-state index in [1.54, 1.807) is 36.4 Å². The number of benzene rings is 3. The molecular formula is C21H22ClFNO5PS. The van der Waals surface area contributed by atoms with Crippen LogP contribution in [0.2, 0.25) is 5.02 Å². The van der Waals surface area contributed by atoms with Gasteiger partial charge in [-0.25, -0.2) is 17.1 Å². The molecule has 0 bridgehead atoms. The Morgan fingerprint density at radius 2 is 1.65 bits per heavy atom. The van der Waals surface area contributed by atoms with Crippen molar-refractivity contribution in [1.29, 1.82) is 0 Å². The zero-order valence-electron chi connectivity index (χ0n) is 16.9. The molecule has 0 fully saturated rings. The van der Waals surface area contributed by atoms with Crippen LogP contribution in [0, 0.1) is 5.82 Å². The van der Waals surface area contributed by atoms with Crippen LogP contribution >= 0.6 is 19.2 Å². The smallest absolute Gasteiger partial charge is 0.323 e. The third-order valence-corrected chi connectivity index (χ3v) is 9.54. The molecule has 0 spiro atoms. The molecule has 0 saturated heterocycles. The molecular weight excluding hydrogens is 464 g/mol. The Balaban J connectivity index is 2.46. The van der Waals surface area contributed by atoms with Gasteiger partial charge in [-0.3, -0.25) is 4.57 Å². The van der Waals surface area contributed by atoms with E-state index in [0.29, 0.717) is 10.8 Å². The van der Waals surface area contributed by atoms with Crippen LogP contribution in [0.15, 0.2) is 65.6 Å². The number of halogens is 2. The molecule has 3 aromatic carbocycles. The van der Waals surface area contributed by atoms with Gasteiger partial charge in [0.2, 0.25) is 0 Å². The molecule has 0 atom stereocenters. The number of sulfonamides is 1. The quantitative estimate of drug-likeness (QED) is 0.429. The Kier molecular flexibility index (Phi) is 6.52. The second-order valence-corrected chi connectivity index (χ2v) is 11.3. The first kappa shape index (κ1) is 23.7. The van der Waals surface area contributed by atoms with Crippen LogP contribution in [0.1, 0.15) is 26.7 Å². The summed E-state index contributed by atoms with van der Waals surface area (Å²) in [6.45, 7) is 3.02. The summed E-state index contributed by atoms with van der Waals surface area (Å²) in [5.74, 6) is -0.876. The highest BCUT2D eigenvalue weighted by Crippen LogP contribution is 2.59.